The van der Waals surface area contributed by atoms with Crippen LogP contribution >= 0.6 is 11.3 Å². The lowest BCUT2D eigenvalue weighted by atomic mass is 9.90. The molecule has 2 unspecified atom stereocenters. The molecule has 0 aliphatic heterocycles. The van der Waals surface area contributed by atoms with Crippen LogP contribution in [-0.2, 0) is 31.8 Å². The Morgan fingerprint density at radius 2 is 1.67 bits per heavy atom. The van der Waals surface area contributed by atoms with Gasteiger partial charge in [0, 0.05) is 17.5 Å². The molecule has 2 heterocycles. The van der Waals surface area contributed by atoms with Crippen molar-refractivity contribution in [1.29, 1.82) is 0 Å². The van der Waals surface area contributed by atoms with Crippen LogP contribution in [0.3, 0.4) is 0 Å². The minimum atomic E-state index is -1.19. The summed E-state index contributed by atoms with van der Waals surface area (Å²) in [5, 5.41) is 6.15. The SMILES string of the molecule is CCOC(=O)c1ncn([C@H]2CCc3sc(NC(=O)C4CC4F)c(C(=O)NCC4CC4)c3C2)c1N(C(=O)OC(C)(C)C)C(=O)OC(C)(C)C. The summed E-state index contributed by atoms with van der Waals surface area (Å²) >= 11 is 1.29. The molecule has 2 fully saturated rings. The molecule has 0 aromatic carbocycles. The molecule has 48 heavy (non-hydrogen) atoms. The van der Waals surface area contributed by atoms with E-state index in [2.05, 4.69) is 15.6 Å². The number of imide groups is 1. The van der Waals surface area contributed by atoms with Gasteiger partial charge in [-0.05, 0) is 98.5 Å². The number of halogens is 1. The lowest BCUT2D eigenvalue weighted by molar-refractivity contribution is -0.117. The Balaban J connectivity index is 1.56. The van der Waals surface area contributed by atoms with E-state index < -0.39 is 53.4 Å². The van der Waals surface area contributed by atoms with E-state index in [1.807, 2.05) is 0 Å². The zero-order chi connectivity index (χ0) is 35.1. The van der Waals surface area contributed by atoms with Crippen molar-refractivity contribution in [3.05, 3.63) is 28.0 Å². The first-order chi connectivity index (χ1) is 22.5. The maximum atomic E-state index is 13.7. The number of anilines is 2. The predicted octanol–water partition coefficient (Wildman–Crippen LogP) is 5.96. The number of thiophene rings is 1. The van der Waals surface area contributed by atoms with E-state index in [9.17, 15) is 28.4 Å². The van der Waals surface area contributed by atoms with Gasteiger partial charge in [0.1, 0.15) is 22.4 Å². The van der Waals surface area contributed by atoms with Gasteiger partial charge in [0.05, 0.1) is 24.4 Å². The molecule has 3 atom stereocenters. The zero-order valence-electron chi connectivity index (χ0n) is 28.4. The monoisotopic (exact) mass is 689 g/mol. The highest BCUT2D eigenvalue weighted by molar-refractivity contribution is 7.17. The molecule has 0 saturated heterocycles. The molecule has 0 spiro atoms. The van der Waals surface area contributed by atoms with Gasteiger partial charge in [0.25, 0.3) is 5.91 Å². The average Bonchev–Trinajstić information content (AvgIpc) is 3.86. The number of rotatable bonds is 9. The standard InChI is InChI=1S/C33H44FN5O8S/c1-8-45-29(42)24-28(39(30(43)46-32(2,3)4)31(44)47-33(5,6)7)38(16-36-24)18-11-12-22-20(13-18)23(26(41)35-15-17-9-10-17)27(48-22)37-25(40)19-14-21(19)34/h16-19,21H,8-15H2,1-7H3,(H,35,41)(H,37,40)/t18-,19?,21?/m0/s1. The smallest absolute Gasteiger partial charge is 0.425 e. The Bertz CT molecular complexity index is 1570. The quantitative estimate of drug-likeness (QED) is 0.239. The fraction of sp³-hybridized carbons (Fsp3) is 0.636. The fourth-order valence-electron chi connectivity index (χ4n) is 5.47. The number of aromatic nitrogens is 2. The fourth-order valence-corrected chi connectivity index (χ4v) is 6.71. The molecule has 2 aromatic rings. The molecule has 2 aromatic heterocycles. The van der Waals surface area contributed by atoms with Crippen molar-refractivity contribution in [3.8, 4) is 0 Å². The van der Waals surface area contributed by atoms with Gasteiger partial charge in [-0.1, -0.05) is 0 Å². The summed E-state index contributed by atoms with van der Waals surface area (Å²) in [4.78, 5) is 72.9. The number of carbonyl (C=O) groups is 5. The summed E-state index contributed by atoms with van der Waals surface area (Å²) in [6.45, 7) is 12.0. The number of fused-ring (bicyclic) bond motifs is 1. The third-order valence-corrected chi connectivity index (χ3v) is 9.20. The van der Waals surface area contributed by atoms with Crippen LogP contribution in [0.1, 0.15) is 111 Å². The molecule has 15 heteroatoms. The largest absolute Gasteiger partial charge is 0.461 e. The van der Waals surface area contributed by atoms with Crippen LogP contribution < -0.4 is 15.5 Å². The highest BCUT2D eigenvalue weighted by Gasteiger charge is 2.45. The number of nitrogens with zero attached hydrogens (tertiary/aromatic N) is 3. The van der Waals surface area contributed by atoms with Crippen molar-refractivity contribution in [1.82, 2.24) is 14.9 Å². The highest BCUT2D eigenvalue weighted by Crippen LogP contribution is 2.44. The van der Waals surface area contributed by atoms with Crippen LogP contribution in [0.25, 0.3) is 0 Å². The number of alkyl halides is 1. The first-order valence-corrected chi connectivity index (χ1v) is 17.2. The van der Waals surface area contributed by atoms with E-state index in [1.165, 1.54) is 17.7 Å². The molecule has 2 saturated carbocycles. The number of imidazole rings is 1. The highest BCUT2D eigenvalue weighted by atomic mass is 32.1. The number of esters is 1. The second-order valence-corrected chi connectivity index (χ2v) is 15.6. The lowest BCUT2D eigenvalue weighted by Gasteiger charge is -2.31. The second kappa shape index (κ2) is 13.5. The summed E-state index contributed by atoms with van der Waals surface area (Å²) in [5.41, 5.74) is -1.30. The van der Waals surface area contributed by atoms with Crippen LogP contribution in [0.5, 0.6) is 0 Å². The summed E-state index contributed by atoms with van der Waals surface area (Å²) in [7, 11) is 0. The van der Waals surface area contributed by atoms with E-state index in [0.29, 0.717) is 46.3 Å². The van der Waals surface area contributed by atoms with Gasteiger partial charge in [-0.25, -0.2) is 23.8 Å². The lowest BCUT2D eigenvalue weighted by Crippen LogP contribution is -2.45. The molecule has 3 aliphatic rings. The third kappa shape index (κ3) is 8.16. The van der Waals surface area contributed by atoms with Crippen LogP contribution in [0.2, 0.25) is 0 Å². The molecule has 5 rings (SSSR count). The van der Waals surface area contributed by atoms with Crippen molar-refractivity contribution >= 4 is 52.1 Å². The molecule has 0 bridgehead atoms. The number of aryl methyl sites for hydroxylation is 1. The summed E-state index contributed by atoms with van der Waals surface area (Å²) in [6.07, 6.45) is 1.42. The Hall–Kier alpha value is -4.01. The molecule has 2 N–H and O–H groups in total. The number of amides is 4. The predicted molar refractivity (Wildman–Crippen MR) is 175 cm³/mol. The van der Waals surface area contributed by atoms with Crippen LogP contribution in [0.15, 0.2) is 6.33 Å². The van der Waals surface area contributed by atoms with Crippen molar-refractivity contribution in [2.24, 2.45) is 11.8 Å². The number of nitrogens with one attached hydrogen (secondary N) is 2. The minimum absolute atomic E-state index is 0.0174. The number of carbonyl (C=O) groups excluding carboxylic acids is 5. The van der Waals surface area contributed by atoms with E-state index in [0.717, 1.165) is 17.7 Å². The molecular formula is C33H44FN5O8S. The van der Waals surface area contributed by atoms with Gasteiger partial charge in [0.2, 0.25) is 5.91 Å². The maximum Gasteiger partial charge on any atom is 0.425 e. The van der Waals surface area contributed by atoms with Crippen LogP contribution in [0.4, 0.5) is 24.8 Å². The van der Waals surface area contributed by atoms with E-state index in [4.69, 9.17) is 14.2 Å². The van der Waals surface area contributed by atoms with Crippen LogP contribution in [0, 0.1) is 11.8 Å². The molecule has 4 amide bonds. The van der Waals surface area contributed by atoms with Crippen molar-refractivity contribution in [2.75, 3.05) is 23.4 Å². The van der Waals surface area contributed by atoms with Gasteiger partial charge in [-0.2, -0.15) is 4.90 Å². The Labute approximate surface area is 282 Å². The van der Waals surface area contributed by atoms with Crippen molar-refractivity contribution in [2.45, 2.75) is 110 Å². The van der Waals surface area contributed by atoms with Crippen molar-refractivity contribution < 1.29 is 42.6 Å². The first kappa shape index (κ1) is 35.3. The Morgan fingerprint density at radius 3 is 2.21 bits per heavy atom. The van der Waals surface area contributed by atoms with E-state index >= 15 is 0 Å². The number of ether oxygens (including phenoxy) is 3. The van der Waals surface area contributed by atoms with E-state index in [1.54, 1.807) is 53.0 Å². The van der Waals surface area contributed by atoms with Gasteiger partial charge < -0.3 is 29.4 Å². The van der Waals surface area contributed by atoms with Gasteiger partial charge in [-0.3, -0.25) is 9.59 Å². The molecule has 3 aliphatic carbocycles. The summed E-state index contributed by atoms with van der Waals surface area (Å²) in [5.74, 6) is -2.17. The molecular weight excluding hydrogens is 645 g/mol. The summed E-state index contributed by atoms with van der Waals surface area (Å²) < 4.78 is 31.7. The summed E-state index contributed by atoms with van der Waals surface area (Å²) in [6, 6.07) is -0.498. The Morgan fingerprint density at radius 1 is 1.04 bits per heavy atom. The number of hydrogen-bond acceptors (Lipinski definition) is 10. The first-order valence-electron chi connectivity index (χ1n) is 16.3. The average molecular weight is 690 g/mol. The van der Waals surface area contributed by atoms with Gasteiger partial charge >= 0.3 is 18.2 Å². The molecule has 0 radical (unpaired) electrons. The number of hydrogen-bond donors (Lipinski definition) is 2. The molecule has 262 valence electrons. The maximum absolute atomic E-state index is 13.7. The third-order valence-electron chi connectivity index (χ3n) is 7.99. The topological polar surface area (TPSA) is 158 Å². The molecule has 13 nitrogen and oxygen atoms in total. The Kier molecular flexibility index (Phi) is 9.91. The second-order valence-electron chi connectivity index (χ2n) is 14.4. The van der Waals surface area contributed by atoms with E-state index in [-0.39, 0.29) is 36.9 Å². The van der Waals surface area contributed by atoms with Gasteiger partial charge in [-0.15, -0.1) is 11.3 Å². The zero-order valence-corrected chi connectivity index (χ0v) is 29.3. The van der Waals surface area contributed by atoms with Crippen molar-refractivity contribution in [3.63, 3.8) is 0 Å². The minimum Gasteiger partial charge on any atom is -0.461 e. The van der Waals surface area contributed by atoms with Crippen LogP contribution in [-0.4, -0.2) is 70.0 Å². The normalized spacial score (nSPS) is 20.3. The van der Waals surface area contributed by atoms with Gasteiger partial charge in [0.15, 0.2) is 11.5 Å².